The Balaban J connectivity index is 2.14. The van der Waals surface area contributed by atoms with Gasteiger partial charge in [-0.3, -0.25) is 0 Å². The number of rotatable bonds is 3. The Morgan fingerprint density at radius 1 is 1.26 bits per heavy atom. The van der Waals surface area contributed by atoms with Gasteiger partial charge in [0, 0.05) is 13.1 Å². The Morgan fingerprint density at radius 3 is 2.68 bits per heavy atom. The average molecular weight is 263 g/mol. The van der Waals surface area contributed by atoms with E-state index in [1.54, 1.807) is 6.92 Å². The highest BCUT2D eigenvalue weighted by molar-refractivity contribution is 5.43. The number of nitrogens with zero attached hydrogens (tertiary/aromatic N) is 3. The monoisotopic (exact) mass is 263 g/mol. The van der Waals surface area contributed by atoms with Crippen molar-refractivity contribution >= 4 is 5.82 Å². The van der Waals surface area contributed by atoms with Gasteiger partial charge >= 0.3 is 0 Å². The summed E-state index contributed by atoms with van der Waals surface area (Å²) in [5, 5.41) is 0. The lowest BCUT2D eigenvalue weighted by atomic mass is 10.2. The summed E-state index contributed by atoms with van der Waals surface area (Å²) in [5.74, 6) is 5.26. The second-order valence-electron chi connectivity index (χ2n) is 4.43. The van der Waals surface area contributed by atoms with Gasteiger partial charge in [-0.1, -0.05) is 18.8 Å². The van der Waals surface area contributed by atoms with Gasteiger partial charge in [0.25, 0.3) is 5.88 Å². The van der Waals surface area contributed by atoms with Crippen LogP contribution in [-0.2, 0) is 0 Å². The molecule has 0 aromatic carbocycles. The molecule has 0 N–H and O–H groups in total. The van der Waals surface area contributed by atoms with Gasteiger partial charge in [-0.15, -0.1) is 5.92 Å². The van der Waals surface area contributed by atoms with Gasteiger partial charge < -0.3 is 9.64 Å². The predicted molar refractivity (Wildman–Crippen MR) is 71.6 cm³/mol. The minimum Gasteiger partial charge on any atom is -0.462 e. The van der Waals surface area contributed by atoms with Crippen LogP contribution in [0.3, 0.4) is 0 Å². The third-order valence-electron chi connectivity index (χ3n) is 3.10. The summed E-state index contributed by atoms with van der Waals surface area (Å²) in [4.78, 5) is 9.86. The van der Waals surface area contributed by atoms with Crippen molar-refractivity contribution in [3.05, 3.63) is 12.1 Å². The molecular weight excluding hydrogens is 245 g/mol. The van der Waals surface area contributed by atoms with Gasteiger partial charge in [0.1, 0.15) is 6.33 Å². The highest BCUT2D eigenvalue weighted by atomic mass is 19.1. The summed E-state index contributed by atoms with van der Waals surface area (Å²) >= 11 is 0. The number of halogens is 1. The van der Waals surface area contributed by atoms with Crippen molar-refractivity contribution in [3.8, 4) is 17.7 Å². The van der Waals surface area contributed by atoms with Crippen molar-refractivity contribution in [1.82, 2.24) is 9.97 Å². The lowest BCUT2D eigenvalue weighted by molar-refractivity contribution is 0.331. The number of anilines is 1. The van der Waals surface area contributed by atoms with Crippen LogP contribution in [0.1, 0.15) is 32.6 Å². The molecule has 1 aliphatic rings. The van der Waals surface area contributed by atoms with Crippen LogP contribution in [-0.4, -0.2) is 29.7 Å². The Hall–Kier alpha value is -1.83. The zero-order valence-corrected chi connectivity index (χ0v) is 11.2. The largest absolute Gasteiger partial charge is 0.462 e. The minimum absolute atomic E-state index is 0.0167. The number of ether oxygens (including phenoxy) is 1. The maximum Gasteiger partial charge on any atom is 0.256 e. The number of hydrogen-bond donors (Lipinski definition) is 0. The van der Waals surface area contributed by atoms with Gasteiger partial charge in [0.05, 0.1) is 0 Å². The molecule has 2 heterocycles. The predicted octanol–water partition coefficient (Wildman–Crippen LogP) is 2.40. The van der Waals surface area contributed by atoms with E-state index in [0.29, 0.717) is 5.82 Å². The lowest BCUT2D eigenvalue weighted by Gasteiger charge is -2.21. The summed E-state index contributed by atoms with van der Waals surface area (Å²) in [6.45, 7) is 3.52. The van der Waals surface area contributed by atoms with Crippen LogP contribution in [0.25, 0.3) is 0 Å². The summed E-state index contributed by atoms with van der Waals surface area (Å²) in [5.41, 5.74) is 0. The van der Waals surface area contributed by atoms with Gasteiger partial charge in [-0.05, 0) is 19.8 Å². The Bertz CT molecular complexity index is 473. The first kappa shape index (κ1) is 13.6. The zero-order chi connectivity index (χ0) is 13.5. The molecule has 0 bridgehead atoms. The van der Waals surface area contributed by atoms with Crippen molar-refractivity contribution in [1.29, 1.82) is 0 Å². The fourth-order valence-corrected chi connectivity index (χ4v) is 2.13. The summed E-state index contributed by atoms with van der Waals surface area (Å²) in [7, 11) is 0. The van der Waals surface area contributed by atoms with Crippen molar-refractivity contribution in [2.45, 2.75) is 32.6 Å². The van der Waals surface area contributed by atoms with E-state index >= 15 is 0 Å². The Morgan fingerprint density at radius 2 is 2.00 bits per heavy atom. The highest BCUT2D eigenvalue weighted by Gasteiger charge is 2.19. The van der Waals surface area contributed by atoms with Gasteiger partial charge in [-0.2, -0.15) is 9.37 Å². The van der Waals surface area contributed by atoms with Crippen LogP contribution in [0, 0.1) is 17.7 Å². The van der Waals surface area contributed by atoms with E-state index in [0.717, 1.165) is 25.9 Å². The number of aromatic nitrogens is 2. The fourth-order valence-electron chi connectivity index (χ4n) is 2.13. The van der Waals surface area contributed by atoms with E-state index < -0.39 is 5.82 Å². The molecule has 1 aromatic rings. The number of hydrogen-bond acceptors (Lipinski definition) is 4. The second-order valence-corrected chi connectivity index (χ2v) is 4.43. The molecular formula is C14H18FN3O. The van der Waals surface area contributed by atoms with Crippen LogP contribution < -0.4 is 9.64 Å². The lowest BCUT2D eigenvalue weighted by Crippen LogP contribution is -2.26. The van der Waals surface area contributed by atoms with E-state index in [2.05, 4.69) is 21.8 Å². The molecule has 1 fully saturated rings. The third-order valence-corrected chi connectivity index (χ3v) is 3.10. The van der Waals surface area contributed by atoms with Crippen LogP contribution in [0.4, 0.5) is 10.2 Å². The van der Waals surface area contributed by atoms with Crippen molar-refractivity contribution < 1.29 is 9.13 Å². The van der Waals surface area contributed by atoms with Gasteiger partial charge in [0.2, 0.25) is 5.82 Å². The average Bonchev–Trinajstić information content (AvgIpc) is 2.70. The molecule has 0 saturated carbocycles. The molecule has 5 heteroatoms. The fraction of sp³-hybridized carbons (Fsp3) is 0.571. The zero-order valence-electron chi connectivity index (χ0n) is 11.2. The topological polar surface area (TPSA) is 38.3 Å². The van der Waals surface area contributed by atoms with E-state index in [4.69, 9.17) is 4.74 Å². The Kier molecular flexibility index (Phi) is 4.96. The Labute approximate surface area is 113 Å². The van der Waals surface area contributed by atoms with Gasteiger partial charge in [0.15, 0.2) is 12.4 Å². The second kappa shape index (κ2) is 6.93. The summed E-state index contributed by atoms with van der Waals surface area (Å²) in [6, 6.07) is 0. The molecule has 0 spiro atoms. The van der Waals surface area contributed by atoms with Crippen LogP contribution in [0.2, 0.25) is 0 Å². The van der Waals surface area contributed by atoms with Crippen LogP contribution >= 0.6 is 0 Å². The summed E-state index contributed by atoms with van der Waals surface area (Å²) in [6.07, 6.45) is 5.87. The van der Waals surface area contributed by atoms with E-state index in [1.807, 2.05) is 4.90 Å². The van der Waals surface area contributed by atoms with Crippen molar-refractivity contribution in [2.24, 2.45) is 0 Å². The molecule has 0 aliphatic carbocycles. The standard InChI is InChI=1S/C14H18FN3O/c1-2-3-10-19-14-12(15)13(16-11-17-14)18-8-6-4-5-7-9-18/h11H,4-10H2,1H3. The third kappa shape index (κ3) is 3.57. The molecule has 2 rings (SSSR count). The molecule has 4 nitrogen and oxygen atoms in total. The van der Waals surface area contributed by atoms with Crippen LogP contribution in [0.15, 0.2) is 6.33 Å². The SMILES string of the molecule is CC#CCOc1ncnc(N2CCCCCC2)c1F. The molecule has 1 aromatic heterocycles. The maximum atomic E-state index is 14.3. The van der Waals surface area contributed by atoms with Crippen molar-refractivity contribution in [2.75, 3.05) is 24.6 Å². The van der Waals surface area contributed by atoms with E-state index in [-0.39, 0.29) is 12.5 Å². The molecule has 0 unspecified atom stereocenters. The molecule has 0 amide bonds. The van der Waals surface area contributed by atoms with Crippen LogP contribution in [0.5, 0.6) is 5.88 Å². The molecule has 0 atom stereocenters. The van der Waals surface area contributed by atoms with E-state index in [1.165, 1.54) is 19.2 Å². The smallest absolute Gasteiger partial charge is 0.256 e. The first-order valence-corrected chi connectivity index (χ1v) is 6.61. The minimum atomic E-state index is -0.484. The van der Waals surface area contributed by atoms with Gasteiger partial charge in [-0.25, -0.2) is 4.98 Å². The normalized spacial score (nSPS) is 15.4. The molecule has 0 radical (unpaired) electrons. The molecule has 102 valence electrons. The molecule has 1 aliphatic heterocycles. The highest BCUT2D eigenvalue weighted by Crippen LogP contribution is 2.25. The quantitative estimate of drug-likeness (QED) is 0.785. The van der Waals surface area contributed by atoms with E-state index in [9.17, 15) is 4.39 Å². The molecule has 1 saturated heterocycles. The first-order chi connectivity index (χ1) is 9.33. The summed E-state index contributed by atoms with van der Waals surface area (Å²) < 4.78 is 19.5. The molecule has 19 heavy (non-hydrogen) atoms. The maximum absolute atomic E-state index is 14.3. The van der Waals surface area contributed by atoms with Crippen molar-refractivity contribution in [3.63, 3.8) is 0 Å². The first-order valence-electron chi connectivity index (χ1n) is 6.61.